The van der Waals surface area contributed by atoms with Gasteiger partial charge in [-0.2, -0.15) is 0 Å². The first-order valence-electron chi connectivity index (χ1n) is 8.00. The zero-order chi connectivity index (χ0) is 17.2. The summed E-state index contributed by atoms with van der Waals surface area (Å²) in [6, 6.07) is 3.48. The van der Waals surface area contributed by atoms with Crippen molar-refractivity contribution in [2.24, 2.45) is 0 Å². The van der Waals surface area contributed by atoms with Crippen molar-refractivity contribution in [3.63, 3.8) is 0 Å². The Kier molecular flexibility index (Phi) is 8.62. The number of carbonyl (C=O) groups is 1. The van der Waals surface area contributed by atoms with Gasteiger partial charge in [0.25, 0.3) is 0 Å². The van der Waals surface area contributed by atoms with Crippen LogP contribution in [0.1, 0.15) is 33.1 Å². The summed E-state index contributed by atoms with van der Waals surface area (Å²) in [5.74, 6) is 1.36. The second kappa shape index (κ2) is 10.2. The van der Waals surface area contributed by atoms with Crippen molar-refractivity contribution in [2.75, 3.05) is 39.2 Å². The SMILES string of the molecule is CCCN(CCC)C(=O)CCNc1cc(OC)c(Cl)cc1OC. The highest BCUT2D eigenvalue weighted by atomic mass is 35.5. The molecule has 6 heteroatoms. The molecule has 0 fully saturated rings. The summed E-state index contributed by atoms with van der Waals surface area (Å²) >= 11 is 6.08. The molecule has 1 N–H and O–H groups in total. The van der Waals surface area contributed by atoms with E-state index in [1.807, 2.05) is 4.90 Å². The fraction of sp³-hybridized carbons (Fsp3) is 0.588. The minimum Gasteiger partial charge on any atom is -0.495 e. The maximum absolute atomic E-state index is 12.3. The lowest BCUT2D eigenvalue weighted by molar-refractivity contribution is -0.131. The van der Waals surface area contributed by atoms with E-state index in [1.165, 1.54) is 0 Å². The molecular formula is C17H27ClN2O3. The third-order valence-electron chi connectivity index (χ3n) is 3.47. The Labute approximate surface area is 143 Å². The Balaban J connectivity index is 2.65. The maximum Gasteiger partial charge on any atom is 0.224 e. The Morgan fingerprint density at radius 1 is 1.13 bits per heavy atom. The minimum absolute atomic E-state index is 0.168. The van der Waals surface area contributed by atoms with Gasteiger partial charge in [-0.05, 0) is 12.8 Å². The summed E-state index contributed by atoms with van der Waals surface area (Å²) in [5, 5.41) is 3.71. The highest BCUT2D eigenvalue weighted by Crippen LogP contribution is 2.35. The lowest BCUT2D eigenvalue weighted by Crippen LogP contribution is -2.33. The van der Waals surface area contributed by atoms with Crippen molar-refractivity contribution in [1.82, 2.24) is 4.90 Å². The third-order valence-corrected chi connectivity index (χ3v) is 3.76. The van der Waals surface area contributed by atoms with Crippen LogP contribution in [0, 0.1) is 0 Å². The fourth-order valence-corrected chi connectivity index (χ4v) is 2.59. The van der Waals surface area contributed by atoms with Gasteiger partial charge in [0.2, 0.25) is 5.91 Å². The molecule has 130 valence electrons. The zero-order valence-corrected chi connectivity index (χ0v) is 15.2. The van der Waals surface area contributed by atoms with Crippen LogP contribution in [0.25, 0.3) is 0 Å². The number of hydrogen-bond donors (Lipinski definition) is 1. The molecule has 0 unspecified atom stereocenters. The number of nitrogens with zero attached hydrogens (tertiary/aromatic N) is 1. The van der Waals surface area contributed by atoms with E-state index < -0.39 is 0 Å². The lowest BCUT2D eigenvalue weighted by Gasteiger charge is -2.22. The Hall–Kier alpha value is -1.62. The van der Waals surface area contributed by atoms with Crippen molar-refractivity contribution in [3.05, 3.63) is 17.2 Å². The fourth-order valence-electron chi connectivity index (χ4n) is 2.36. The van der Waals surface area contributed by atoms with Gasteiger partial charge in [-0.15, -0.1) is 0 Å². The predicted molar refractivity (Wildman–Crippen MR) is 94.8 cm³/mol. The van der Waals surface area contributed by atoms with Gasteiger partial charge in [0.1, 0.15) is 11.5 Å². The third kappa shape index (κ3) is 5.82. The van der Waals surface area contributed by atoms with E-state index in [0.29, 0.717) is 29.5 Å². The van der Waals surface area contributed by atoms with E-state index in [9.17, 15) is 4.79 Å². The molecule has 0 spiro atoms. The standard InChI is InChI=1S/C17H27ClN2O3/c1-5-9-20(10-6-2)17(21)7-8-19-14-12-15(22-3)13(18)11-16(14)23-4/h11-12,19H,5-10H2,1-4H3. The lowest BCUT2D eigenvalue weighted by atomic mass is 10.2. The zero-order valence-electron chi connectivity index (χ0n) is 14.4. The molecule has 0 saturated carbocycles. The molecule has 1 aromatic rings. The molecule has 1 aromatic carbocycles. The molecule has 1 rings (SSSR count). The summed E-state index contributed by atoms with van der Waals surface area (Å²) in [4.78, 5) is 14.2. The summed E-state index contributed by atoms with van der Waals surface area (Å²) in [6.45, 7) is 6.32. The maximum atomic E-state index is 12.3. The van der Waals surface area contributed by atoms with E-state index in [-0.39, 0.29) is 5.91 Å². The summed E-state index contributed by atoms with van der Waals surface area (Å²) in [7, 11) is 3.15. The van der Waals surface area contributed by atoms with Crippen LogP contribution in [0.2, 0.25) is 5.02 Å². The second-order valence-corrected chi connectivity index (χ2v) is 5.65. The smallest absolute Gasteiger partial charge is 0.224 e. The van der Waals surface area contributed by atoms with Gasteiger partial charge in [0.15, 0.2) is 0 Å². The number of amides is 1. The molecule has 0 heterocycles. The van der Waals surface area contributed by atoms with Crippen LogP contribution in [0.5, 0.6) is 11.5 Å². The van der Waals surface area contributed by atoms with Crippen molar-refractivity contribution >= 4 is 23.2 Å². The number of ether oxygens (including phenoxy) is 2. The van der Waals surface area contributed by atoms with E-state index in [4.69, 9.17) is 21.1 Å². The van der Waals surface area contributed by atoms with Crippen LogP contribution in [-0.4, -0.2) is 44.7 Å². The summed E-state index contributed by atoms with van der Waals surface area (Å²) in [5.41, 5.74) is 0.763. The van der Waals surface area contributed by atoms with Crippen LogP contribution in [-0.2, 0) is 4.79 Å². The van der Waals surface area contributed by atoms with Crippen LogP contribution >= 0.6 is 11.6 Å². The predicted octanol–water partition coefficient (Wildman–Crippen LogP) is 3.81. The number of carbonyl (C=O) groups excluding carboxylic acids is 1. The number of hydrogen-bond acceptors (Lipinski definition) is 4. The Morgan fingerprint density at radius 2 is 1.74 bits per heavy atom. The highest BCUT2D eigenvalue weighted by molar-refractivity contribution is 6.32. The molecule has 0 saturated heterocycles. The summed E-state index contributed by atoms with van der Waals surface area (Å²) < 4.78 is 10.5. The number of halogens is 1. The van der Waals surface area contributed by atoms with Crippen LogP contribution < -0.4 is 14.8 Å². The van der Waals surface area contributed by atoms with E-state index in [0.717, 1.165) is 31.6 Å². The molecule has 23 heavy (non-hydrogen) atoms. The molecule has 5 nitrogen and oxygen atoms in total. The molecule has 0 aliphatic rings. The molecule has 0 radical (unpaired) electrons. The van der Waals surface area contributed by atoms with E-state index >= 15 is 0 Å². The topological polar surface area (TPSA) is 50.8 Å². The molecule has 1 amide bonds. The first-order valence-corrected chi connectivity index (χ1v) is 8.38. The quantitative estimate of drug-likeness (QED) is 0.702. The number of benzene rings is 1. The van der Waals surface area contributed by atoms with Gasteiger partial charge in [0.05, 0.1) is 24.9 Å². The number of rotatable bonds is 10. The van der Waals surface area contributed by atoms with Crippen molar-refractivity contribution in [2.45, 2.75) is 33.1 Å². The average Bonchev–Trinajstić information content (AvgIpc) is 2.55. The minimum atomic E-state index is 0.168. The van der Waals surface area contributed by atoms with Gasteiger partial charge in [0, 0.05) is 38.2 Å². The molecule has 0 atom stereocenters. The molecule has 0 bridgehead atoms. The highest BCUT2D eigenvalue weighted by Gasteiger charge is 2.13. The molecule has 0 aliphatic heterocycles. The van der Waals surface area contributed by atoms with Gasteiger partial charge in [-0.1, -0.05) is 25.4 Å². The van der Waals surface area contributed by atoms with E-state index in [2.05, 4.69) is 19.2 Å². The van der Waals surface area contributed by atoms with Crippen molar-refractivity contribution in [1.29, 1.82) is 0 Å². The molecular weight excluding hydrogens is 316 g/mol. The number of nitrogens with one attached hydrogen (secondary N) is 1. The monoisotopic (exact) mass is 342 g/mol. The van der Waals surface area contributed by atoms with Crippen molar-refractivity contribution in [3.8, 4) is 11.5 Å². The van der Waals surface area contributed by atoms with Gasteiger partial charge >= 0.3 is 0 Å². The summed E-state index contributed by atoms with van der Waals surface area (Å²) in [6.07, 6.45) is 2.39. The van der Waals surface area contributed by atoms with Gasteiger partial charge < -0.3 is 19.7 Å². The molecule has 0 aliphatic carbocycles. The number of methoxy groups -OCH3 is 2. The van der Waals surface area contributed by atoms with E-state index in [1.54, 1.807) is 26.4 Å². The second-order valence-electron chi connectivity index (χ2n) is 5.24. The van der Waals surface area contributed by atoms with Crippen LogP contribution in [0.15, 0.2) is 12.1 Å². The van der Waals surface area contributed by atoms with Gasteiger partial charge in [-0.25, -0.2) is 0 Å². The largest absolute Gasteiger partial charge is 0.495 e. The van der Waals surface area contributed by atoms with Crippen molar-refractivity contribution < 1.29 is 14.3 Å². The molecule has 0 aromatic heterocycles. The Bertz CT molecular complexity index is 503. The number of anilines is 1. The first kappa shape index (κ1) is 19.4. The van der Waals surface area contributed by atoms with Crippen LogP contribution in [0.3, 0.4) is 0 Å². The normalized spacial score (nSPS) is 10.3. The first-order chi connectivity index (χ1) is 11.1. The average molecular weight is 343 g/mol. The Morgan fingerprint density at radius 3 is 2.26 bits per heavy atom. The van der Waals surface area contributed by atoms with Crippen LogP contribution in [0.4, 0.5) is 5.69 Å². The van der Waals surface area contributed by atoms with Gasteiger partial charge in [-0.3, -0.25) is 4.79 Å².